The first kappa shape index (κ1) is 18.3. The number of amides is 2. The summed E-state index contributed by atoms with van der Waals surface area (Å²) in [5.41, 5.74) is 3.40. The number of carbonyl (C=O) groups excluding carboxylic acids is 2. The van der Waals surface area contributed by atoms with Gasteiger partial charge in [0.1, 0.15) is 11.5 Å². The number of fused-ring (bicyclic) bond motifs is 1. The van der Waals surface area contributed by atoms with Crippen LogP contribution in [0.15, 0.2) is 36.4 Å². The normalized spacial score (nSPS) is 15.4. The fraction of sp³-hybridized carbons (Fsp3) is 0.364. The van der Waals surface area contributed by atoms with Gasteiger partial charge < -0.3 is 19.7 Å². The van der Waals surface area contributed by atoms with Crippen molar-refractivity contribution in [1.82, 2.24) is 4.90 Å². The summed E-state index contributed by atoms with van der Waals surface area (Å²) < 4.78 is 10.8. The minimum absolute atomic E-state index is 0.00655. The van der Waals surface area contributed by atoms with Gasteiger partial charge in [-0.05, 0) is 61.2 Å². The molecule has 1 heterocycles. The molecule has 1 aliphatic carbocycles. The molecule has 28 heavy (non-hydrogen) atoms. The van der Waals surface area contributed by atoms with E-state index in [2.05, 4.69) is 5.32 Å². The summed E-state index contributed by atoms with van der Waals surface area (Å²) in [6, 6.07) is 11.4. The lowest BCUT2D eigenvalue weighted by Crippen LogP contribution is -2.33. The zero-order chi connectivity index (χ0) is 19.7. The minimum atomic E-state index is 0.00655. The second-order valence-electron chi connectivity index (χ2n) is 7.26. The second-order valence-corrected chi connectivity index (χ2v) is 7.26. The molecular weight excluding hydrogens is 356 g/mol. The zero-order valence-corrected chi connectivity index (χ0v) is 16.2. The molecule has 146 valence electrons. The first-order chi connectivity index (χ1) is 13.6. The molecule has 0 bridgehead atoms. The van der Waals surface area contributed by atoms with Gasteiger partial charge in [0.05, 0.1) is 20.8 Å². The number of benzene rings is 2. The highest BCUT2D eigenvalue weighted by Gasteiger charge is 2.34. The summed E-state index contributed by atoms with van der Waals surface area (Å²) in [6.07, 6.45) is 3.14. The molecule has 2 amide bonds. The lowest BCUT2D eigenvalue weighted by molar-refractivity contribution is -0.116. The number of aryl methyl sites for hydroxylation is 1. The van der Waals surface area contributed by atoms with Crippen LogP contribution in [0.25, 0.3) is 0 Å². The molecule has 6 heteroatoms. The van der Waals surface area contributed by atoms with Crippen molar-refractivity contribution in [3.05, 3.63) is 53.1 Å². The van der Waals surface area contributed by atoms with E-state index in [1.807, 2.05) is 35.2 Å². The molecule has 0 unspecified atom stereocenters. The van der Waals surface area contributed by atoms with Crippen LogP contribution in [0.5, 0.6) is 11.5 Å². The fourth-order valence-electron chi connectivity index (χ4n) is 3.62. The topological polar surface area (TPSA) is 67.9 Å². The van der Waals surface area contributed by atoms with Gasteiger partial charge in [0.25, 0.3) is 5.91 Å². The number of carbonyl (C=O) groups is 2. The maximum atomic E-state index is 13.3. The van der Waals surface area contributed by atoms with E-state index < -0.39 is 0 Å². The van der Waals surface area contributed by atoms with Crippen LogP contribution in [-0.4, -0.2) is 37.0 Å². The van der Waals surface area contributed by atoms with Gasteiger partial charge in [-0.1, -0.05) is 0 Å². The van der Waals surface area contributed by atoms with Gasteiger partial charge >= 0.3 is 0 Å². The van der Waals surface area contributed by atoms with E-state index in [0.29, 0.717) is 24.9 Å². The molecule has 0 spiro atoms. The van der Waals surface area contributed by atoms with Crippen molar-refractivity contribution in [3.8, 4) is 11.5 Å². The number of ether oxygens (including phenoxy) is 2. The van der Waals surface area contributed by atoms with Crippen molar-refractivity contribution >= 4 is 17.5 Å². The fourth-order valence-corrected chi connectivity index (χ4v) is 3.62. The van der Waals surface area contributed by atoms with Crippen molar-refractivity contribution in [2.24, 2.45) is 0 Å². The van der Waals surface area contributed by atoms with Gasteiger partial charge in [0, 0.05) is 29.3 Å². The van der Waals surface area contributed by atoms with Crippen LogP contribution in [0.4, 0.5) is 5.69 Å². The Hall–Kier alpha value is -3.02. The van der Waals surface area contributed by atoms with Crippen molar-refractivity contribution in [1.29, 1.82) is 0 Å². The molecule has 2 aromatic carbocycles. The maximum Gasteiger partial charge on any atom is 0.254 e. The number of methoxy groups -OCH3 is 2. The minimum Gasteiger partial charge on any atom is -0.497 e. The first-order valence-corrected chi connectivity index (χ1v) is 9.53. The monoisotopic (exact) mass is 380 g/mol. The van der Waals surface area contributed by atoms with Gasteiger partial charge in [0.2, 0.25) is 5.91 Å². The number of anilines is 1. The lowest BCUT2D eigenvalue weighted by atomic mass is 9.99. The largest absolute Gasteiger partial charge is 0.497 e. The average Bonchev–Trinajstić information content (AvgIpc) is 3.56. The number of hydrogen-bond donors (Lipinski definition) is 1. The number of nitrogens with zero attached hydrogens (tertiary/aromatic N) is 1. The van der Waals surface area contributed by atoms with Gasteiger partial charge in [-0.3, -0.25) is 9.59 Å². The summed E-state index contributed by atoms with van der Waals surface area (Å²) in [4.78, 5) is 26.8. The standard InChI is InChI=1S/C22H24N2O4/c1-27-18-7-9-20(28-2)16(12-18)13-24(17-5-6-17)22(26)15-3-8-19-14(11-15)4-10-21(25)23-19/h3,7-9,11-12,17H,4-6,10,13H2,1-2H3,(H,23,25). The third kappa shape index (κ3) is 3.67. The van der Waals surface area contributed by atoms with E-state index in [1.54, 1.807) is 20.3 Å². The molecule has 0 radical (unpaired) electrons. The van der Waals surface area contributed by atoms with Crippen molar-refractivity contribution < 1.29 is 19.1 Å². The number of rotatable bonds is 6. The van der Waals surface area contributed by atoms with Crippen molar-refractivity contribution in [3.63, 3.8) is 0 Å². The Labute approximate surface area is 164 Å². The summed E-state index contributed by atoms with van der Waals surface area (Å²) in [7, 11) is 3.26. The quantitative estimate of drug-likeness (QED) is 0.834. The van der Waals surface area contributed by atoms with Gasteiger partial charge in [-0.2, -0.15) is 0 Å². The maximum absolute atomic E-state index is 13.3. The molecule has 0 atom stereocenters. The Bertz CT molecular complexity index is 921. The lowest BCUT2D eigenvalue weighted by Gasteiger charge is -2.25. The molecule has 6 nitrogen and oxygen atoms in total. The third-order valence-corrected chi connectivity index (χ3v) is 5.32. The molecule has 1 fully saturated rings. The Morgan fingerprint density at radius 1 is 1.11 bits per heavy atom. The Kier molecular flexibility index (Phi) is 4.94. The van der Waals surface area contributed by atoms with Crippen LogP contribution < -0.4 is 14.8 Å². The predicted octanol–water partition coefficient (Wildman–Crippen LogP) is 3.39. The smallest absolute Gasteiger partial charge is 0.254 e. The third-order valence-electron chi connectivity index (χ3n) is 5.32. The highest BCUT2D eigenvalue weighted by atomic mass is 16.5. The number of hydrogen-bond acceptors (Lipinski definition) is 4. The zero-order valence-electron chi connectivity index (χ0n) is 16.2. The molecule has 0 aromatic heterocycles. The molecular formula is C22H24N2O4. The highest BCUT2D eigenvalue weighted by Crippen LogP contribution is 2.34. The molecule has 2 aliphatic rings. The second kappa shape index (κ2) is 7.54. The molecule has 2 aromatic rings. The van der Waals surface area contributed by atoms with Crippen LogP contribution in [0.1, 0.15) is 40.7 Å². The average molecular weight is 380 g/mol. The van der Waals surface area contributed by atoms with Gasteiger partial charge in [-0.15, -0.1) is 0 Å². The van der Waals surface area contributed by atoms with E-state index >= 15 is 0 Å². The summed E-state index contributed by atoms with van der Waals surface area (Å²) in [6.45, 7) is 0.470. The van der Waals surface area contributed by atoms with Crippen LogP contribution in [0.3, 0.4) is 0 Å². The number of nitrogens with one attached hydrogen (secondary N) is 1. The SMILES string of the molecule is COc1ccc(OC)c(CN(C(=O)c2ccc3c(c2)CCC(=O)N3)C2CC2)c1. The summed E-state index contributed by atoms with van der Waals surface area (Å²) >= 11 is 0. The van der Waals surface area contributed by atoms with Gasteiger partial charge in [0.15, 0.2) is 0 Å². The Morgan fingerprint density at radius 2 is 1.93 bits per heavy atom. The highest BCUT2D eigenvalue weighted by molar-refractivity contribution is 5.98. The van der Waals surface area contributed by atoms with Gasteiger partial charge in [-0.25, -0.2) is 0 Å². The molecule has 1 aliphatic heterocycles. The van der Waals surface area contributed by atoms with Crippen LogP contribution in [-0.2, 0) is 17.8 Å². The van der Waals surface area contributed by atoms with E-state index in [-0.39, 0.29) is 17.9 Å². The van der Waals surface area contributed by atoms with E-state index in [1.165, 1.54) is 0 Å². The van der Waals surface area contributed by atoms with E-state index in [4.69, 9.17) is 9.47 Å². The Morgan fingerprint density at radius 3 is 2.64 bits per heavy atom. The van der Waals surface area contributed by atoms with Crippen LogP contribution >= 0.6 is 0 Å². The van der Waals surface area contributed by atoms with Crippen LogP contribution in [0, 0.1) is 0 Å². The summed E-state index contributed by atoms with van der Waals surface area (Å²) in [5.74, 6) is 1.51. The first-order valence-electron chi connectivity index (χ1n) is 9.53. The Balaban J connectivity index is 1.61. The molecule has 0 saturated heterocycles. The van der Waals surface area contributed by atoms with Crippen LogP contribution in [0.2, 0.25) is 0 Å². The predicted molar refractivity (Wildman–Crippen MR) is 106 cm³/mol. The van der Waals surface area contributed by atoms with E-state index in [0.717, 1.165) is 41.2 Å². The molecule has 1 N–H and O–H groups in total. The van der Waals surface area contributed by atoms with Crippen molar-refractivity contribution in [2.45, 2.75) is 38.3 Å². The molecule has 1 saturated carbocycles. The summed E-state index contributed by atoms with van der Waals surface area (Å²) in [5, 5.41) is 2.86. The van der Waals surface area contributed by atoms with E-state index in [9.17, 15) is 9.59 Å². The molecule has 4 rings (SSSR count). The van der Waals surface area contributed by atoms with Crippen molar-refractivity contribution in [2.75, 3.05) is 19.5 Å².